The fraction of sp³-hybridized carbons (Fsp3) is 0.333. The highest BCUT2D eigenvalue weighted by Gasteiger charge is 2.60. The first-order valence-corrected chi connectivity index (χ1v) is 7.14. The summed E-state index contributed by atoms with van der Waals surface area (Å²) >= 11 is 11.3. The van der Waals surface area contributed by atoms with E-state index in [0.29, 0.717) is 0 Å². The van der Waals surface area contributed by atoms with Crippen LogP contribution in [0, 0.1) is 17.3 Å². The van der Waals surface area contributed by atoms with Crippen LogP contribution in [0.2, 0.25) is 0 Å². The second kappa shape index (κ2) is 5.70. The van der Waals surface area contributed by atoms with E-state index in [1.54, 1.807) is 18.2 Å². The van der Waals surface area contributed by atoms with Gasteiger partial charge in [-0.1, -0.05) is 55.2 Å². The maximum Gasteiger partial charge on any atom is 0.228 e. The number of allylic oxidation sites excluding steroid dienone is 1. The molecule has 1 saturated carbocycles. The molecule has 0 aromatic heterocycles. The average Bonchev–Trinajstić information content (AvgIpc) is 2.90. The van der Waals surface area contributed by atoms with Gasteiger partial charge in [-0.3, -0.25) is 4.79 Å². The van der Waals surface area contributed by atoms with Crippen molar-refractivity contribution in [1.29, 1.82) is 0 Å². The lowest BCUT2D eigenvalue weighted by Gasteiger charge is -2.12. The van der Waals surface area contributed by atoms with Crippen LogP contribution < -0.4 is 10.4 Å². The van der Waals surface area contributed by atoms with Crippen molar-refractivity contribution in [3.8, 4) is 0 Å². The fourth-order valence-electron chi connectivity index (χ4n) is 2.61. The van der Waals surface area contributed by atoms with Crippen LogP contribution in [-0.2, 0) is 4.79 Å². The van der Waals surface area contributed by atoms with E-state index >= 15 is 0 Å². The number of benzene rings is 1. The number of carboxylic acid groups (broad SMARTS) is 1. The monoisotopic (exact) mass is 326 g/mol. The first-order chi connectivity index (χ1) is 9.75. The van der Waals surface area contributed by atoms with Gasteiger partial charge in [0.2, 0.25) is 5.91 Å². The highest BCUT2D eigenvalue weighted by molar-refractivity contribution is 6.55. The summed E-state index contributed by atoms with van der Waals surface area (Å²) < 4.78 is 0.124. The summed E-state index contributed by atoms with van der Waals surface area (Å²) in [5, 5.41) is 13.7. The summed E-state index contributed by atoms with van der Waals surface area (Å²) in [4.78, 5) is 23.3. The number of hydrogen-bond donors (Lipinski definition) is 1. The van der Waals surface area contributed by atoms with Crippen LogP contribution in [0.1, 0.15) is 24.2 Å². The van der Waals surface area contributed by atoms with Gasteiger partial charge < -0.3 is 15.2 Å². The minimum Gasteiger partial charge on any atom is -0.545 e. The Balaban J connectivity index is 2.17. The van der Waals surface area contributed by atoms with Crippen molar-refractivity contribution < 1.29 is 14.7 Å². The summed E-state index contributed by atoms with van der Waals surface area (Å²) in [5.41, 5.74) is -0.0908. The number of anilines is 1. The number of nitrogens with one attached hydrogen (secondary N) is 1. The predicted octanol–water partition coefficient (Wildman–Crippen LogP) is 2.58. The zero-order valence-electron chi connectivity index (χ0n) is 11.5. The molecule has 112 valence electrons. The van der Waals surface area contributed by atoms with Gasteiger partial charge in [0.25, 0.3) is 0 Å². The van der Waals surface area contributed by atoms with E-state index in [0.717, 1.165) is 0 Å². The Morgan fingerprint density at radius 1 is 1.29 bits per heavy atom. The Bertz CT molecular complexity index is 621. The molecule has 0 bridgehead atoms. The number of aromatic carboxylic acids is 1. The maximum atomic E-state index is 12.3. The molecular formula is C15H14Cl2NO3-. The number of rotatable bonds is 4. The third-order valence-corrected chi connectivity index (χ3v) is 4.16. The lowest BCUT2D eigenvalue weighted by molar-refractivity contribution is -0.254. The van der Waals surface area contributed by atoms with Crippen LogP contribution in [0.15, 0.2) is 34.8 Å². The molecular weight excluding hydrogens is 313 g/mol. The smallest absolute Gasteiger partial charge is 0.228 e. The third kappa shape index (κ3) is 3.22. The zero-order valence-corrected chi connectivity index (χ0v) is 13.0. The van der Waals surface area contributed by atoms with Crippen molar-refractivity contribution >= 4 is 40.8 Å². The molecule has 0 aliphatic heterocycles. The maximum absolute atomic E-state index is 12.3. The summed E-state index contributed by atoms with van der Waals surface area (Å²) in [6.07, 6.45) is 1.64. The molecule has 21 heavy (non-hydrogen) atoms. The number of hydrogen-bond acceptors (Lipinski definition) is 3. The highest BCUT2D eigenvalue weighted by Crippen LogP contribution is 2.60. The molecule has 1 aromatic carbocycles. The van der Waals surface area contributed by atoms with E-state index < -0.39 is 5.97 Å². The predicted molar refractivity (Wildman–Crippen MR) is 80.0 cm³/mol. The third-order valence-electron chi connectivity index (χ3n) is 3.90. The number of para-hydroxylation sites is 1. The molecule has 1 amide bonds. The van der Waals surface area contributed by atoms with Gasteiger partial charge in [-0.25, -0.2) is 0 Å². The van der Waals surface area contributed by atoms with Crippen molar-refractivity contribution in [1.82, 2.24) is 0 Å². The van der Waals surface area contributed by atoms with Gasteiger partial charge in [0.15, 0.2) is 0 Å². The van der Waals surface area contributed by atoms with Gasteiger partial charge in [-0.2, -0.15) is 0 Å². The van der Waals surface area contributed by atoms with Crippen molar-refractivity contribution in [3.63, 3.8) is 0 Å². The first kappa shape index (κ1) is 15.9. The van der Waals surface area contributed by atoms with Crippen LogP contribution in [0.5, 0.6) is 0 Å². The number of carboxylic acids is 1. The molecule has 2 rings (SSSR count). The molecule has 1 aliphatic rings. The van der Waals surface area contributed by atoms with Gasteiger partial charge in [0.05, 0.1) is 11.9 Å². The van der Waals surface area contributed by atoms with E-state index in [1.165, 1.54) is 12.1 Å². The van der Waals surface area contributed by atoms with Gasteiger partial charge in [-0.05, 0) is 23.5 Å². The standard InChI is InChI=1S/C15H15Cl2NO3/c1-15(2)9(7-11(16)17)12(15)13(19)18-10-6-4-3-5-8(10)14(20)21/h3-7,9,12H,1-2H3,(H,18,19)(H,20,21)/p-1/t9-,12-/m1/s1. The van der Waals surface area contributed by atoms with Crippen molar-refractivity contribution in [2.45, 2.75) is 13.8 Å². The number of carbonyl (C=O) groups excluding carboxylic acids is 2. The molecule has 1 aromatic rings. The van der Waals surface area contributed by atoms with Gasteiger partial charge in [0.1, 0.15) is 4.49 Å². The molecule has 2 atom stereocenters. The van der Waals surface area contributed by atoms with E-state index in [9.17, 15) is 14.7 Å². The van der Waals surface area contributed by atoms with Crippen LogP contribution in [0.25, 0.3) is 0 Å². The van der Waals surface area contributed by atoms with Gasteiger partial charge >= 0.3 is 0 Å². The quantitative estimate of drug-likeness (QED) is 0.924. The Hall–Kier alpha value is -1.52. The molecule has 1 aliphatic carbocycles. The number of amides is 1. The summed E-state index contributed by atoms with van der Waals surface area (Å²) in [6.45, 7) is 3.86. The summed E-state index contributed by atoms with van der Waals surface area (Å²) in [7, 11) is 0. The van der Waals surface area contributed by atoms with Crippen molar-refractivity contribution in [2.24, 2.45) is 17.3 Å². The average molecular weight is 327 g/mol. The van der Waals surface area contributed by atoms with Gasteiger partial charge in [0, 0.05) is 11.3 Å². The number of carbonyl (C=O) groups is 2. The van der Waals surface area contributed by atoms with E-state index in [2.05, 4.69) is 5.32 Å². The van der Waals surface area contributed by atoms with E-state index in [4.69, 9.17) is 23.2 Å². The largest absolute Gasteiger partial charge is 0.545 e. The Labute approximate surface area is 132 Å². The fourth-order valence-corrected chi connectivity index (χ4v) is 2.88. The van der Waals surface area contributed by atoms with Crippen LogP contribution >= 0.6 is 23.2 Å². The van der Waals surface area contributed by atoms with Crippen LogP contribution in [0.3, 0.4) is 0 Å². The topological polar surface area (TPSA) is 69.2 Å². The molecule has 6 heteroatoms. The van der Waals surface area contributed by atoms with E-state index in [1.807, 2.05) is 13.8 Å². The molecule has 0 saturated heterocycles. The highest BCUT2D eigenvalue weighted by atomic mass is 35.5. The Kier molecular flexibility index (Phi) is 4.30. The van der Waals surface area contributed by atoms with Crippen LogP contribution in [0.4, 0.5) is 5.69 Å². The molecule has 0 spiro atoms. The Morgan fingerprint density at radius 3 is 2.48 bits per heavy atom. The first-order valence-electron chi connectivity index (χ1n) is 6.39. The second-order valence-corrected chi connectivity index (χ2v) is 6.61. The minimum atomic E-state index is -1.33. The van der Waals surface area contributed by atoms with Crippen molar-refractivity contribution in [2.75, 3.05) is 5.32 Å². The molecule has 4 nitrogen and oxygen atoms in total. The lowest BCUT2D eigenvalue weighted by atomic mass is 10.1. The minimum absolute atomic E-state index is 0.0493. The normalized spacial score (nSPS) is 22.3. The zero-order chi connectivity index (χ0) is 15.8. The molecule has 1 N–H and O–H groups in total. The Morgan fingerprint density at radius 2 is 1.90 bits per heavy atom. The summed E-state index contributed by atoms with van der Waals surface area (Å²) in [5.74, 6) is -1.97. The molecule has 0 radical (unpaired) electrons. The second-order valence-electron chi connectivity index (χ2n) is 5.60. The molecule has 0 heterocycles. The van der Waals surface area contributed by atoms with E-state index in [-0.39, 0.29) is 38.9 Å². The molecule has 1 fully saturated rings. The lowest BCUT2D eigenvalue weighted by Crippen LogP contribution is -2.25. The molecule has 0 unspecified atom stereocenters. The number of halogens is 2. The van der Waals surface area contributed by atoms with Crippen LogP contribution in [-0.4, -0.2) is 11.9 Å². The van der Waals surface area contributed by atoms with Crippen molar-refractivity contribution in [3.05, 3.63) is 40.4 Å². The SMILES string of the molecule is CC1(C)[C@H](C=C(Cl)Cl)[C@@H]1C(=O)Nc1ccccc1C(=O)[O-]. The van der Waals surface area contributed by atoms with Gasteiger partial charge in [-0.15, -0.1) is 0 Å². The summed E-state index contributed by atoms with van der Waals surface area (Å²) in [6, 6.07) is 6.13.